The molecule has 0 radical (unpaired) electrons. The van der Waals surface area contributed by atoms with Crippen molar-refractivity contribution in [1.82, 2.24) is 4.90 Å². The van der Waals surface area contributed by atoms with Gasteiger partial charge in [-0.05, 0) is 107 Å². The number of carbonyl (C=O) groups excluding carboxylic acids is 5. The molecule has 3 fully saturated rings. The summed E-state index contributed by atoms with van der Waals surface area (Å²) in [6.07, 6.45) is 11.2. The number of cyclic esters (lactones) is 1. The van der Waals surface area contributed by atoms with E-state index >= 15 is 0 Å². The minimum Gasteiger partial charge on any atom is -0.460 e. The molecule has 4 aliphatic rings. The molecular formula is C51H79NO13. The van der Waals surface area contributed by atoms with Crippen LogP contribution in [0.15, 0.2) is 47.6 Å². The fraction of sp³-hybridized carbons (Fsp3) is 0.745. The maximum absolute atomic E-state index is 14.4. The third kappa shape index (κ3) is 14.3. The lowest BCUT2D eigenvalue weighted by atomic mass is 9.78. The van der Waals surface area contributed by atoms with Crippen LogP contribution in [0.2, 0.25) is 0 Å². The second-order valence-corrected chi connectivity index (χ2v) is 19.6. The number of esters is 1. The third-order valence-electron chi connectivity index (χ3n) is 14.5. The molecule has 1 aliphatic carbocycles. The van der Waals surface area contributed by atoms with Crippen molar-refractivity contribution in [2.24, 2.45) is 35.5 Å². The zero-order chi connectivity index (χ0) is 48.2. The van der Waals surface area contributed by atoms with Crippen molar-refractivity contribution < 1.29 is 63.0 Å². The number of piperidine rings is 1. The standard InChI is InChI=1S/C51H79NO13/c1-30-16-12-11-13-17-31(2)42(61-8)28-38-21-19-36(7)51(60,65-38)48(57)49(58)52-23-15-14-18-39(52)50(59)64-43(33(4)26-37-20-22-40(53)44(27-37)62-9)29-41(54)32(3)25-35(6)46(56)47(63-10)45(55)34(5)24-30/h11-13,16-17,25,30,33-40,42-44,46-47,53,56,60H,14-15,18-24,26-29H2,1-10H3/t30-,33-,34+,35?,36-,37+,38+,39+,40-,42+,43+,44-,46-,47+,51-/m1/s1. The Morgan fingerprint density at radius 1 is 0.862 bits per heavy atom. The van der Waals surface area contributed by atoms with Crippen LogP contribution in [0.3, 0.4) is 0 Å². The SMILES string of the molecule is CO[C@H]1C[C@@H]2CC[C@@H](C)[C@@](O)(O2)C(=O)C(=O)N2CCCC[C@H]2C(=O)O[C@H]([C@H](C)C[C@@H]2CC[C@@H](O)[C@H](OC)C2)CC(=O)C(C)=CC(C)[C@@H](O)[C@@H](OC)C(=O)[C@@H](C)C[C@H](C)C=CC=CC=C1C. The monoisotopic (exact) mass is 914 g/mol. The largest absolute Gasteiger partial charge is 0.460 e. The first kappa shape index (κ1) is 54.2. The van der Waals surface area contributed by atoms with Gasteiger partial charge in [0.05, 0.1) is 30.5 Å². The Morgan fingerprint density at radius 2 is 1.58 bits per heavy atom. The summed E-state index contributed by atoms with van der Waals surface area (Å²) in [5.74, 6) is -7.93. The maximum atomic E-state index is 14.4. The van der Waals surface area contributed by atoms with Gasteiger partial charge in [-0.1, -0.05) is 71.1 Å². The van der Waals surface area contributed by atoms with Crippen LogP contribution < -0.4 is 0 Å². The topological polar surface area (TPSA) is 195 Å². The highest BCUT2D eigenvalue weighted by molar-refractivity contribution is 6.39. The van der Waals surface area contributed by atoms with Gasteiger partial charge in [0.15, 0.2) is 11.6 Å². The van der Waals surface area contributed by atoms with E-state index in [1.807, 2.05) is 58.1 Å². The lowest BCUT2D eigenvalue weighted by Gasteiger charge is -2.42. The molecule has 14 nitrogen and oxygen atoms in total. The number of ketones is 3. The van der Waals surface area contributed by atoms with Gasteiger partial charge in [-0.2, -0.15) is 0 Å². The second-order valence-electron chi connectivity index (χ2n) is 19.6. The average molecular weight is 914 g/mol. The van der Waals surface area contributed by atoms with Gasteiger partial charge < -0.3 is 43.9 Å². The molecule has 3 N–H and O–H groups in total. The van der Waals surface area contributed by atoms with Crippen LogP contribution in [-0.4, -0.2) is 132 Å². The Balaban J connectivity index is 1.70. The van der Waals surface area contributed by atoms with Crippen molar-refractivity contribution in [1.29, 1.82) is 0 Å². The van der Waals surface area contributed by atoms with Gasteiger partial charge in [-0.3, -0.25) is 19.2 Å². The van der Waals surface area contributed by atoms with Crippen LogP contribution in [0, 0.1) is 35.5 Å². The van der Waals surface area contributed by atoms with Crippen LogP contribution in [0.1, 0.15) is 126 Å². The Bertz CT molecular complexity index is 1760. The van der Waals surface area contributed by atoms with E-state index in [9.17, 15) is 39.3 Å². The molecule has 1 unspecified atom stereocenters. The summed E-state index contributed by atoms with van der Waals surface area (Å²) in [5.41, 5.74) is 1.19. The number of nitrogens with zero attached hydrogens (tertiary/aromatic N) is 1. The van der Waals surface area contributed by atoms with E-state index in [0.29, 0.717) is 63.4 Å². The minimum absolute atomic E-state index is 0.0220. The number of hydrogen-bond acceptors (Lipinski definition) is 13. The lowest BCUT2D eigenvalue weighted by molar-refractivity contribution is -0.265. The molecule has 2 saturated heterocycles. The summed E-state index contributed by atoms with van der Waals surface area (Å²) >= 11 is 0. The fourth-order valence-corrected chi connectivity index (χ4v) is 10.1. The number of carbonyl (C=O) groups is 5. The zero-order valence-corrected chi connectivity index (χ0v) is 40.6. The molecule has 14 heteroatoms. The molecule has 366 valence electrons. The smallest absolute Gasteiger partial charge is 0.329 e. The molecule has 65 heavy (non-hydrogen) atoms. The van der Waals surface area contributed by atoms with E-state index in [0.717, 1.165) is 12.0 Å². The van der Waals surface area contributed by atoms with Crippen molar-refractivity contribution in [3.63, 3.8) is 0 Å². The van der Waals surface area contributed by atoms with Gasteiger partial charge in [0.2, 0.25) is 5.79 Å². The predicted octanol–water partition coefficient (Wildman–Crippen LogP) is 6.18. The summed E-state index contributed by atoms with van der Waals surface area (Å²) in [6, 6.07) is -1.14. The molecule has 2 bridgehead atoms. The molecule has 3 heterocycles. The molecule has 15 atom stereocenters. The number of rotatable bonds is 6. The lowest BCUT2D eigenvalue weighted by Crippen LogP contribution is -2.61. The van der Waals surface area contributed by atoms with Gasteiger partial charge in [0, 0.05) is 58.5 Å². The van der Waals surface area contributed by atoms with Crippen LogP contribution in [0.5, 0.6) is 0 Å². The number of Topliss-reactive ketones (excluding diaryl/α,β-unsaturated/α-hetero) is 3. The van der Waals surface area contributed by atoms with E-state index in [1.165, 1.54) is 12.0 Å². The number of aliphatic hydroxyl groups is 3. The quantitative estimate of drug-likeness (QED) is 0.202. The summed E-state index contributed by atoms with van der Waals surface area (Å²) in [7, 11) is 4.53. The summed E-state index contributed by atoms with van der Waals surface area (Å²) in [4.78, 5) is 71.7. The first-order chi connectivity index (χ1) is 30.7. The number of ether oxygens (including phenoxy) is 5. The normalized spacial score (nSPS) is 37.8. The molecule has 0 aromatic rings. The van der Waals surface area contributed by atoms with Gasteiger partial charge in [-0.25, -0.2) is 4.79 Å². The maximum Gasteiger partial charge on any atom is 0.329 e. The minimum atomic E-state index is -2.43. The number of allylic oxidation sites excluding steroid dienone is 6. The molecule has 0 aromatic carbocycles. The molecule has 1 saturated carbocycles. The first-order valence-electron chi connectivity index (χ1n) is 23.9. The van der Waals surface area contributed by atoms with Gasteiger partial charge in [-0.15, -0.1) is 0 Å². The van der Waals surface area contributed by atoms with Crippen molar-refractivity contribution in [3.8, 4) is 0 Å². The van der Waals surface area contributed by atoms with Gasteiger partial charge >= 0.3 is 5.97 Å². The van der Waals surface area contributed by atoms with Gasteiger partial charge in [0.1, 0.15) is 18.2 Å². The van der Waals surface area contributed by atoms with Crippen molar-refractivity contribution in [2.45, 2.75) is 180 Å². The van der Waals surface area contributed by atoms with Crippen molar-refractivity contribution in [2.75, 3.05) is 27.9 Å². The Labute approximate surface area is 387 Å². The summed E-state index contributed by atoms with van der Waals surface area (Å²) < 4.78 is 29.4. The van der Waals surface area contributed by atoms with E-state index in [2.05, 4.69) is 0 Å². The molecule has 0 aromatic heterocycles. The first-order valence-corrected chi connectivity index (χ1v) is 23.9. The third-order valence-corrected chi connectivity index (χ3v) is 14.5. The number of hydrogen-bond donors (Lipinski definition) is 3. The van der Waals surface area contributed by atoms with Crippen molar-refractivity contribution >= 4 is 29.2 Å². The molecule has 1 amide bonds. The highest BCUT2D eigenvalue weighted by atomic mass is 16.6. The highest BCUT2D eigenvalue weighted by Crippen LogP contribution is 2.38. The second kappa shape index (κ2) is 25.1. The van der Waals surface area contributed by atoms with Crippen molar-refractivity contribution in [3.05, 3.63) is 47.6 Å². The molecular weight excluding hydrogens is 835 g/mol. The Morgan fingerprint density at radius 3 is 2.26 bits per heavy atom. The number of amides is 1. The number of methoxy groups -OCH3 is 3. The highest BCUT2D eigenvalue weighted by Gasteiger charge is 2.53. The molecule has 3 aliphatic heterocycles. The van der Waals surface area contributed by atoms with E-state index in [1.54, 1.807) is 41.1 Å². The summed E-state index contributed by atoms with van der Waals surface area (Å²) in [6.45, 7) is 12.7. The van der Waals surface area contributed by atoms with E-state index in [-0.39, 0.29) is 54.8 Å². The molecule has 0 spiro atoms. The Hall–Kier alpha value is -3.37. The summed E-state index contributed by atoms with van der Waals surface area (Å²) in [5, 5.41) is 33.9. The zero-order valence-electron chi connectivity index (χ0n) is 40.6. The van der Waals surface area contributed by atoms with Crippen LogP contribution in [0.25, 0.3) is 0 Å². The Kier molecular flexibility index (Phi) is 21.0. The molecule has 4 rings (SSSR count). The van der Waals surface area contributed by atoms with Crippen LogP contribution in [-0.2, 0) is 47.7 Å². The van der Waals surface area contributed by atoms with E-state index in [4.69, 9.17) is 23.7 Å². The van der Waals surface area contributed by atoms with E-state index < -0.39 is 83.9 Å². The number of fused-ring (bicyclic) bond motifs is 3. The average Bonchev–Trinajstić information content (AvgIpc) is 3.28. The number of aliphatic hydroxyl groups excluding tert-OH is 2. The van der Waals surface area contributed by atoms with Crippen LogP contribution in [0.4, 0.5) is 0 Å². The van der Waals surface area contributed by atoms with Crippen LogP contribution >= 0.6 is 0 Å². The predicted molar refractivity (Wildman–Crippen MR) is 245 cm³/mol. The fourth-order valence-electron chi connectivity index (χ4n) is 10.1. The van der Waals surface area contributed by atoms with Gasteiger partial charge in [0.25, 0.3) is 11.7 Å².